The maximum atomic E-state index is 12.5. The summed E-state index contributed by atoms with van der Waals surface area (Å²) in [5.41, 5.74) is 1.10. The summed E-state index contributed by atoms with van der Waals surface area (Å²) in [6, 6.07) is 13.6. The largest absolute Gasteiger partial charge is 0.351 e. The highest BCUT2D eigenvalue weighted by molar-refractivity contribution is 5.96. The minimum absolute atomic E-state index is 0.111. The Kier molecular flexibility index (Phi) is 6.52. The lowest BCUT2D eigenvalue weighted by Gasteiger charge is -2.28. The molecule has 2 N–H and O–H groups in total. The van der Waals surface area contributed by atoms with Crippen LogP contribution >= 0.6 is 0 Å². The number of para-hydroxylation sites is 1. The summed E-state index contributed by atoms with van der Waals surface area (Å²) in [4.78, 5) is 25.5. The fraction of sp³-hybridized carbons (Fsp3) is 0.350. The average molecular weight is 370 g/mol. The van der Waals surface area contributed by atoms with Crippen LogP contribution in [0.4, 0.5) is 17.1 Å². The van der Waals surface area contributed by atoms with Gasteiger partial charge in [0, 0.05) is 30.4 Å². The van der Waals surface area contributed by atoms with Crippen LogP contribution in [0.2, 0.25) is 0 Å². The molecular formula is C20H26N4O3. The third-order valence-corrected chi connectivity index (χ3v) is 3.98. The molecule has 7 heteroatoms. The molecule has 2 aromatic carbocycles. The fourth-order valence-corrected chi connectivity index (χ4v) is 2.94. The predicted molar refractivity (Wildman–Crippen MR) is 107 cm³/mol. The molecule has 0 aliphatic rings. The van der Waals surface area contributed by atoms with Gasteiger partial charge in [0.25, 0.3) is 11.6 Å². The van der Waals surface area contributed by atoms with E-state index in [9.17, 15) is 14.9 Å². The number of hydrogen-bond acceptors (Lipinski definition) is 5. The van der Waals surface area contributed by atoms with Crippen molar-refractivity contribution in [2.45, 2.75) is 13.8 Å². The lowest BCUT2D eigenvalue weighted by molar-refractivity contribution is -0.383. The van der Waals surface area contributed by atoms with Crippen molar-refractivity contribution < 1.29 is 9.72 Å². The molecule has 0 bridgehead atoms. The molecule has 1 amide bonds. The zero-order valence-corrected chi connectivity index (χ0v) is 16.2. The Bertz CT molecular complexity index is 804. The number of carbonyl (C=O) groups excluding carboxylic acids is 1. The standard InChI is InChI=1S/C20H26N4O3/c1-20(2,14-23(3)4)13-21-19(25)15-10-11-17(18(12-15)24(26)27)22-16-8-6-5-7-9-16/h5-12,22H,13-14H2,1-4H3,(H,21,25). The van der Waals surface area contributed by atoms with E-state index in [-0.39, 0.29) is 22.6 Å². The number of rotatable bonds is 8. The molecule has 2 aromatic rings. The number of hydrogen-bond donors (Lipinski definition) is 2. The molecule has 2 rings (SSSR count). The third-order valence-electron chi connectivity index (χ3n) is 3.98. The van der Waals surface area contributed by atoms with Crippen LogP contribution in [-0.2, 0) is 0 Å². The van der Waals surface area contributed by atoms with E-state index in [4.69, 9.17) is 0 Å². The van der Waals surface area contributed by atoms with Crippen molar-refractivity contribution in [2.75, 3.05) is 32.5 Å². The average Bonchev–Trinajstić information content (AvgIpc) is 2.59. The van der Waals surface area contributed by atoms with Gasteiger partial charge in [-0.3, -0.25) is 14.9 Å². The molecule has 0 heterocycles. The molecule has 0 spiro atoms. The van der Waals surface area contributed by atoms with E-state index in [1.807, 2.05) is 44.4 Å². The summed E-state index contributed by atoms with van der Waals surface area (Å²) in [7, 11) is 3.96. The Labute approximate surface area is 159 Å². The second-order valence-corrected chi connectivity index (χ2v) is 7.56. The summed E-state index contributed by atoms with van der Waals surface area (Å²) in [6.07, 6.45) is 0. The first kappa shape index (κ1) is 20.4. The van der Waals surface area contributed by atoms with Crippen LogP contribution in [0.15, 0.2) is 48.5 Å². The number of benzene rings is 2. The number of nitrogens with one attached hydrogen (secondary N) is 2. The smallest absolute Gasteiger partial charge is 0.293 e. The third kappa shape index (κ3) is 6.07. The Balaban J connectivity index is 2.15. The zero-order chi connectivity index (χ0) is 20.0. The molecule has 0 radical (unpaired) electrons. The van der Waals surface area contributed by atoms with E-state index in [1.165, 1.54) is 6.07 Å². The molecule has 0 atom stereocenters. The molecule has 0 saturated carbocycles. The van der Waals surface area contributed by atoms with Crippen LogP contribution in [0, 0.1) is 15.5 Å². The summed E-state index contributed by atoms with van der Waals surface area (Å²) in [5.74, 6) is -0.323. The molecule has 144 valence electrons. The molecule has 0 aromatic heterocycles. The van der Waals surface area contributed by atoms with Crippen LogP contribution < -0.4 is 10.6 Å². The zero-order valence-electron chi connectivity index (χ0n) is 16.2. The summed E-state index contributed by atoms with van der Waals surface area (Å²) < 4.78 is 0. The lowest BCUT2D eigenvalue weighted by Crippen LogP contribution is -2.40. The van der Waals surface area contributed by atoms with Gasteiger partial charge in [-0.2, -0.15) is 0 Å². The Hall–Kier alpha value is -2.93. The van der Waals surface area contributed by atoms with Crippen molar-refractivity contribution in [3.63, 3.8) is 0 Å². The minimum Gasteiger partial charge on any atom is -0.351 e. The van der Waals surface area contributed by atoms with Crippen LogP contribution in [0.5, 0.6) is 0 Å². The number of anilines is 2. The number of nitrogens with zero attached hydrogens (tertiary/aromatic N) is 2. The predicted octanol–water partition coefficient (Wildman–Crippen LogP) is 3.66. The minimum atomic E-state index is -0.488. The monoisotopic (exact) mass is 370 g/mol. The normalized spacial score (nSPS) is 11.3. The van der Waals surface area contributed by atoms with Gasteiger partial charge in [-0.05, 0) is 43.8 Å². The van der Waals surface area contributed by atoms with Crippen molar-refractivity contribution in [1.82, 2.24) is 10.2 Å². The SMILES string of the molecule is CN(C)CC(C)(C)CNC(=O)c1ccc(Nc2ccccc2)c([N+](=O)[O-])c1. The Morgan fingerprint density at radius 2 is 1.81 bits per heavy atom. The number of amides is 1. The highest BCUT2D eigenvalue weighted by atomic mass is 16.6. The Morgan fingerprint density at radius 3 is 2.41 bits per heavy atom. The van der Waals surface area contributed by atoms with Crippen LogP contribution in [0.1, 0.15) is 24.2 Å². The molecular weight excluding hydrogens is 344 g/mol. The first-order chi connectivity index (χ1) is 12.7. The fourth-order valence-electron chi connectivity index (χ4n) is 2.94. The van der Waals surface area contributed by atoms with Crippen LogP contribution in [-0.4, -0.2) is 42.9 Å². The molecule has 0 aliphatic heterocycles. The summed E-state index contributed by atoms with van der Waals surface area (Å²) >= 11 is 0. The van der Waals surface area contributed by atoms with Gasteiger partial charge in [0.2, 0.25) is 0 Å². The van der Waals surface area contributed by atoms with Crippen molar-refractivity contribution in [2.24, 2.45) is 5.41 Å². The van der Waals surface area contributed by atoms with Gasteiger partial charge in [-0.1, -0.05) is 32.0 Å². The molecule has 0 saturated heterocycles. The lowest BCUT2D eigenvalue weighted by atomic mass is 9.93. The molecule has 7 nitrogen and oxygen atoms in total. The molecule has 0 aliphatic carbocycles. The van der Waals surface area contributed by atoms with E-state index >= 15 is 0 Å². The Morgan fingerprint density at radius 1 is 1.15 bits per heavy atom. The highest BCUT2D eigenvalue weighted by Gasteiger charge is 2.22. The maximum absolute atomic E-state index is 12.5. The second-order valence-electron chi connectivity index (χ2n) is 7.56. The number of nitro groups is 1. The van der Waals surface area contributed by atoms with E-state index in [2.05, 4.69) is 29.4 Å². The first-order valence-corrected chi connectivity index (χ1v) is 8.71. The number of nitro benzene ring substituents is 1. The second kappa shape index (κ2) is 8.64. The molecule has 0 unspecified atom stereocenters. The van der Waals surface area contributed by atoms with E-state index in [1.54, 1.807) is 12.1 Å². The van der Waals surface area contributed by atoms with Gasteiger partial charge < -0.3 is 15.5 Å². The van der Waals surface area contributed by atoms with Crippen molar-refractivity contribution >= 4 is 23.0 Å². The quantitative estimate of drug-likeness (QED) is 0.547. The van der Waals surface area contributed by atoms with Crippen LogP contribution in [0.25, 0.3) is 0 Å². The van der Waals surface area contributed by atoms with Crippen molar-refractivity contribution in [1.29, 1.82) is 0 Å². The molecule has 27 heavy (non-hydrogen) atoms. The van der Waals surface area contributed by atoms with Crippen molar-refractivity contribution in [3.05, 3.63) is 64.2 Å². The maximum Gasteiger partial charge on any atom is 0.293 e. The van der Waals surface area contributed by atoms with Gasteiger partial charge in [-0.15, -0.1) is 0 Å². The van der Waals surface area contributed by atoms with E-state index in [0.29, 0.717) is 12.2 Å². The van der Waals surface area contributed by atoms with Gasteiger partial charge in [0.05, 0.1) is 4.92 Å². The number of carbonyl (C=O) groups is 1. The van der Waals surface area contributed by atoms with Gasteiger partial charge in [0.1, 0.15) is 5.69 Å². The van der Waals surface area contributed by atoms with Crippen molar-refractivity contribution in [3.8, 4) is 0 Å². The first-order valence-electron chi connectivity index (χ1n) is 8.71. The topological polar surface area (TPSA) is 87.5 Å². The summed E-state index contributed by atoms with van der Waals surface area (Å²) in [6.45, 7) is 5.40. The van der Waals surface area contributed by atoms with Gasteiger partial charge >= 0.3 is 0 Å². The van der Waals surface area contributed by atoms with Gasteiger partial charge in [0.15, 0.2) is 0 Å². The summed E-state index contributed by atoms with van der Waals surface area (Å²) in [5, 5.41) is 17.3. The van der Waals surface area contributed by atoms with E-state index < -0.39 is 4.92 Å². The highest BCUT2D eigenvalue weighted by Crippen LogP contribution is 2.28. The molecule has 0 fully saturated rings. The van der Waals surface area contributed by atoms with Gasteiger partial charge in [-0.25, -0.2) is 0 Å². The van der Waals surface area contributed by atoms with Crippen LogP contribution in [0.3, 0.4) is 0 Å². The van der Waals surface area contributed by atoms with E-state index in [0.717, 1.165) is 12.2 Å².